The molecule has 0 unspecified atom stereocenters. The predicted octanol–water partition coefficient (Wildman–Crippen LogP) is 4.57. The molecule has 0 radical (unpaired) electrons. The number of rotatable bonds is 9. The van der Waals surface area contributed by atoms with Gasteiger partial charge in [-0.05, 0) is 51.1 Å². The maximum Gasteiger partial charge on any atom is 0.334 e. The molecule has 1 rings (SSSR count). The summed E-state index contributed by atoms with van der Waals surface area (Å²) in [7, 11) is 0. The summed E-state index contributed by atoms with van der Waals surface area (Å²) in [6.07, 6.45) is 3.30. The van der Waals surface area contributed by atoms with Crippen LogP contribution in [0.3, 0.4) is 0 Å². The van der Waals surface area contributed by atoms with Crippen LogP contribution in [0.25, 0.3) is 6.08 Å². The van der Waals surface area contributed by atoms with E-state index in [1.807, 2.05) is 0 Å². The normalized spacial score (nSPS) is 11.9. The Kier molecular flexibility index (Phi) is 10.1. The van der Waals surface area contributed by atoms with Crippen molar-refractivity contribution in [2.24, 2.45) is 0 Å². The summed E-state index contributed by atoms with van der Waals surface area (Å²) < 4.78 is 15.7. The molecule has 0 heterocycles. The van der Waals surface area contributed by atoms with Crippen molar-refractivity contribution < 1.29 is 23.8 Å². The summed E-state index contributed by atoms with van der Waals surface area (Å²) in [5, 5.41) is 0.847. The zero-order chi connectivity index (χ0) is 19.5. The van der Waals surface area contributed by atoms with Crippen LogP contribution in [-0.4, -0.2) is 37.1 Å². The number of hydrogen-bond acceptors (Lipinski definition) is 5. The Labute approximate surface area is 167 Å². The maximum atomic E-state index is 12.0. The Hall–Kier alpha value is -1.79. The first kappa shape index (κ1) is 22.3. The number of esters is 2. The van der Waals surface area contributed by atoms with Crippen LogP contribution in [0, 0.1) is 0 Å². The molecule has 142 valence electrons. The molecule has 0 spiro atoms. The fourth-order valence-electron chi connectivity index (χ4n) is 1.91. The van der Waals surface area contributed by atoms with Crippen molar-refractivity contribution in [1.29, 1.82) is 0 Å². The minimum Gasteiger partial charge on any atom is -0.489 e. The van der Waals surface area contributed by atoms with Gasteiger partial charge in [-0.1, -0.05) is 27.5 Å². The van der Waals surface area contributed by atoms with E-state index >= 15 is 0 Å². The average Bonchev–Trinajstić information content (AvgIpc) is 2.61. The van der Waals surface area contributed by atoms with Crippen molar-refractivity contribution in [3.8, 4) is 5.75 Å². The molecule has 1 aromatic rings. The van der Waals surface area contributed by atoms with Gasteiger partial charge < -0.3 is 14.2 Å². The average molecular weight is 446 g/mol. The Morgan fingerprint density at radius 2 is 1.81 bits per heavy atom. The second kappa shape index (κ2) is 11.8. The lowest BCUT2D eigenvalue weighted by atomic mass is 10.1. The lowest BCUT2D eigenvalue weighted by Crippen LogP contribution is -2.09. The van der Waals surface area contributed by atoms with Crippen LogP contribution in [0.4, 0.5) is 0 Å². The first-order chi connectivity index (χ1) is 12.4. The second-order valence-corrected chi connectivity index (χ2v) is 6.12. The molecule has 0 atom stereocenters. The highest BCUT2D eigenvalue weighted by Gasteiger charge is 2.12. The van der Waals surface area contributed by atoms with Crippen molar-refractivity contribution in [2.75, 3.05) is 25.2 Å². The zero-order valence-corrected chi connectivity index (χ0v) is 17.4. The van der Waals surface area contributed by atoms with Crippen molar-refractivity contribution in [2.45, 2.75) is 20.8 Å². The minimum atomic E-state index is -0.409. The van der Waals surface area contributed by atoms with Gasteiger partial charge >= 0.3 is 11.9 Å². The zero-order valence-electron chi connectivity index (χ0n) is 15.0. The molecule has 0 bridgehead atoms. The second-order valence-electron chi connectivity index (χ2n) is 5.12. The van der Waals surface area contributed by atoms with Gasteiger partial charge in [0, 0.05) is 27.1 Å². The summed E-state index contributed by atoms with van der Waals surface area (Å²) in [5.74, 6) is -0.255. The van der Waals surface area contributed by atoms with Gasteiger partial charge in [0.2, 0.25) is 0 Å². The maximum absolute atomic E-state index is 12.0. The van der Waals surface area contributed by atoms with Gasteiger partial charge in [-0.25, -0.2) is 9.59 Å². The summed E-state index contributed by atoms with van der Waals surface area (Å²) in [4.78, 5) is 23.5. The summed E-state index contributed by atoms with van der Waals surface area (Å²) in [5.41, 5.74) is 1.55. The third kappa shape index (κ3) is 7.22. The molecule has 0 amide bonds. The van der Waals surface area contributed by atoms with E-state index in [0.717, 1.165) is 0 Å². The van der Waals surface area contributed by atoms with E-state index in [2.05, 4.69) is 15.9 Å². The lowest BCUT2D eigenvalue weighted by molar-refractivity contribution is -0.139. The summed E-state index contributed by atoms with van der Waals surface area (Å²) in [6.45, 7) is 5.94. The third-order valence-electron chi connectivity index (χ3n) is 3.21. The van der Waals surface area contributed by atoms with Gasteiger partial charge in [0.1, 0.15) is 12.4 Å². The van der Waals surface area contributed by atoms with Crippen molar-refractivity contribution in [1.82, 2.24) is 0 Å². The molecule has 0 aliphatic heterocycles. The molecule has 7 heteroatoms. The molecular formula is C19H22BrClO5. The smallest absolute Gasteiger partial charge is 0.334 e. The Balaban J connectivity index is 2.98. The molecule has 0 fully saturated rings. The van der Waals surface area contributed by atoms with Crippen LogP contribution in [0.2, 0.25) is 5.02 Å². The Morgan fingerprint density at radius 3 is 2.42 bits per heavy atom. The minimum absolute atomic E-state index is 0.177. The summed E-state index contributed by atoms with van der Waals surface area (Å²) in [6, 6.07) is 5.09. The van der Waals surface area contributed by atoms with Crippen LogP contribution >= 0.6 is 27.5 Å². The highest BCUT2D eigenvalue weighted by Crippen LogP contribution is 2.26. The van der Waals surface area contributed by atoms with Crippen LogP contribution in [0.1, 0.15) is 26.3 Å². The van der Waals surface area contributed by atoms with Gasteiger partial charge in [0.05, 0.1) is 13.2 Å². The molecule has 1 aromatic carbocycles. The molecule has 26 heavy (non-hydrogen) atoms. The number of carbonyl (C=O) groups is 2. The van der Waals surface area contributed by atoms with Gasteiger partial charge in [-0.2, -0.15) is 0 Å². The largest absolute Gasteiger partial charge is 0.489 e. The highest BCUT2D eigenvalue weighted by atomic mass is 79.9. The van der Waals surface area contributed by atoms with Crippen molar-refractivity contribution in [3.05, 3.63) is 46.0 Å². The van der Waals surface area contributed by atoms with Crippen LogP contribution in [0.15, 0.2) is 35.4 Å². The number of hydrogen-bond donors (Lipinski definition) is 0. The summed E-state index contributed by atoms with van der Waals surface area (Å²) >= 11 is 9.34. The Bertz CT molecular complexity index is 697. The lowest BCUT2D eigenvalue weighted by Gasteiger charge is -2.10. The van der Waals surface area contributed by atoms with E-state index in [-0.39, 0.29) is 12.6 Å². The first-order valence-corrected chi connectivity index (χ1v) is 9.62. The van der Waals surface area contributed by atoms with Crippen molar-refractivity contribution in [3.63, 3.8) is 0 Å². The molecule has 5 nitrogen and oxygen atoms in total. The fourth-order valence-corrected chi connectivity index (χ4v) is 2.48. The molecule has 0 saturated carbocycles. The van der Waals surface area contributed by atoms with E-state index in [0.29, 0.717) is 46.0 Å². The first-order valence-electron chi connectivity index (χ1n) is 8.12. The number of carbonyl (C=O) groups excluding carboxylic acids is 2. The van der Waals surface area contributed by atoms with E-state index in [4.69, 9.17) is 25.8 Å². The van der Waals surface area contributed by atoms with Gasteiger partial charge in [-0.3, -0.25) is 0 Å². The van der Waals surface area contributed by atoms with Crippen LogP contribution in [0.5, 0.6) is 5.75 Å². The highest BCUT2D eigenvalue weighted by molar-refractivity contribution is 9.09. The predicted molar refractivity (Wildman–Crippen MR) is 106 cm³/mol. The monoisotopic (exact) mass is 444 g/mol. The molecule has 0 saturated heterocycles. The topological polar surface area (TPSA) is 61.8 Å². The molecular weight excluding hydrogens is 424 g/mol. The number of halogens is 2. The fraction of sp³-hybridized carbons (Fsp3) is 0.368. The SMILES string of the molecule is CCOC(=O)/C(=C/c1cc(Cl)ccc1OC/C=C(\C)C(=O)OCC)CBr. The molecule has 0 aliphatic rings. The van der Waals surface area contributed by atoms with E-state index in [1.54, 1.807) is 51.1 Å². The number of ether oxygens (including phenoxy) is 3. The Morgan fingerprint density at radius 1 is 1.15 bits per heavy atom. The van der Waals surface area contributed by atoms with E-state index < -0.39 is 5.97 Å². The van der Waals surface area contributed by atoms with E-state index in [1.165, 1.54) is 0 Å². The molecule has 0 aromatic heterocycles. The van der Waals surface area contributed by atoms with Crippen LogP contribution in [-0.2, 0) is 19.1 Å². The third-order valence-corrected chi connectivity index (χ3v) is 4.05. The van der Waals surface area contributed by atoms with Crippen molar-refractivity contribution >= 4 is 45.5 Å². The standard InChI is InChI=1S/C19H22BrClO5/c1-4-24-18(22)13(3)8-9-26-17-7-6-16(21)11-14(17)10-15(12-20)19(23)25-5-2/h6-8,10-11H,4-5,9,12H2,1-3H3/b13-8+,15-10+. The number of benzene rings is 1. The molecule has 0 N–H and O–H groups in total. The van der Waals surface area contributed by atoms with Crippen LogP contribution < -0.4 is 4.74 Å². The quantitative estimate of drug-likeness (QED) is 0.316. The van der Waals surface area contributed by atoms with Gasteiger partial charge in [0.15, 0.2) is 0 Å². The van der Waals surface area contributed by atoms with Gasteiger partial charge in [-0.15, -0.1) is 0 Å². The number of alkyl halides is 1. The van der Waals surface area contributed by atoms with E-state index in [9.17, 15) is 9.59 Å². The molecule has 0 aliphatic carbocycles. The van der Waals surface area contributed by atoms with Gasteiger partial charge in [0.25, 0.3) is 0 Å².